The number of nitrogens with zero attached hydrogens (tertiary/aromatic N) is 1. The molecule has 0 aromatic carbocycles. The summed E-state index contributed by atoms with van der Waals surface area (Å²) in [6.45, 7) is 1.73. The number of aliphatic hydroxyl groups excluding tert-OH is 1. The zero-order valence-electron chi connectivity index (χ0n) is 5.95. The largest absolute Gasteiger partial charge is 0.393 e. The second-order valence-electron chi connectivity index (χ2n) is 1.95. The van der Waals surface area contributed by atoms with E-state index in [9.17, 15) is 0 Å². The molecule has 0 aliphatic carbocycles. The Kier molecular flexibility index (Phi) is 5.15. The number of rotatable bonds is 3. The van der Waals surface area contributed by atoms with Gasteiger partial charge < -0.3 is 16.7 Å². The molecule has 0 fully saturated rings. The minimum atomic E-state index is -0.280. The van der Waals surface area contributed by atoms with Gasteiger partial charge in [-0.1, -0.05) is 11.8 Å². The lowest BCUT2D eigenvalue weighted by Gasteiger charge is -2.01. The first-order chi connectivity index (χ1) is 4.66. The number of thioether (sulfide) groups is 1. The summed E-state index contributed by atoms with van der Waals surface area (Å²) in [5.41, 5.74) is 5.27. The summed E-state index contributed by atoms with van der Waals surface area (Å²) in [4.78, 5) is 0. The Morgan fingerprint density at radius 2 is 2.40 bits per heavy atom. The predicted octanol–water partition coefficient (Wildman–Crippen LogP) is -0.321. The third-order valence-corrected chi connectivity index (χ3v) is 1.75. The van der Waals surface area contributed by atoms with Gasteiger partial charge in [-0.2, -0.15) is 5.10 Å². The van der Waals surface area contributed by atoms with Gasteiger partial charge in [0.1, 0.15) is 0 Å². The lowest BCUT2D eigenvalue weighted by atomic mass is 10.3. The normalized spacial score (nSPS) is 15.2. The van der Waals surface area contributed by atoms with Crippen molar-refractivity contribution in [1.29, 1.82) is 0 Å². The van der Waals surface area contributed by atoms with Gasteiger partial charge in [0.25, 0.3) is 0 Å². The molecule has 0 heterocycles. The Balaban J connectivity index is 3.20. The van der Waals surface area contributed by atoms with Crippen LogP contribution in [0.2, 0.25) is 0 Å². The molecule has 1 unspecified atom stereocenters. The zero-order chi connectivity index (χ0) is 7.98. The molecule has 0 bridgehead atoms. The van der Waals surface area contributed by atoms with Crippen LogP contribution in [0.5, 0.6) is 0 Å². The molecule has 4 nitrogen and oxygen atoms in total. The van der Waals surface area contributed by atoms with Crippen LogP contribution >= 0.6 is 11.8 Å². The molecule has 0 aromatic heterocycles. The lowest BCUT2D eigenvalue weighted by Crippen LogP contribution is -2.11. The van der Waals surface area contributed by atoms with E-state index in [1.54, 1.807) is 6.92 Å². The van der Waals surface area contributed by atoms with Gasteiger partial charge in [-0.15, -0.1) is 0 Å². The molecule has 60 valence electrons. The van der Waals surface area contributed by atoms with E-state index >= 15 is 0 Å². The number of hydrogen-bond acceptors (Lipinski definition) is 4. The first-order valence-corrected chi connectivity index (χ1v) is 3.99. The van der Waals surface area contributed by atoms with Gasteiger partial charge in [0.15, 0.2) is 5.17 Å². The van der Waals surface area contributed by atoms with E-state index in [0.717, 1.165) is 5.75 Å². The quantitative estimate of drug-likeness (QED) is 0.230. The first-order valence-electron chi connectivity index (χ1n) is 3.01. The molecule has 0 saturated heterocycles. The molecule has 10 heavy (non-hydrogen) atoms. The highest BCUT2D eigenvalue weighted by Gasteiger charge is 1.96. The molecule has 0 spiro atoms. The average Bonchev–Trinajstić information content (AvgIpc) is 1.87. The van der Waals surface area contributed by atoms with Gasteiger partial charge in [-0.25, -0.2) is 0 Å². The molecule has 0 aromatic rings. The molecule has 0 aliphatic rings. The van der Waals surface area contributed by atoms with E-state index in [1.165, 1.54) is 11.8 Å². The summed E-state index contributed by atoms with van der Waals surface area (Å²) < 4.78 is 0. The van der Waals surface area contributed by atoms with E-state index in [0.29, 0.717) is 11.6 Å². The standard InChI is InChI=1S/C5H13N3OS/c1-4(9)2-3-10-5(6)8-7/h4,9H,2-3,7H2,1H3,(H2,6,8). The van der Waals surface area contributed by atoms with Crippen molar-refractivity contribution in [2.45, 2.75) is 19.4 Å². The van der Waals surface area contributed by atoms with Crippen molar-refractivity contribution in [3.8, 4) is 0 Å². The van der Waals surface area contributed by atoms with Crippen molar-refractivity contribution in [3.05, 3.63) is 0 Å². The van der Waals surface area contributed by atoms with Gasteiger partial charge in [0.2, 0.25) is 0 Å². The lowest BCUT2D eigenvalue weighted by molar-refractivity contribution is 0.192. The Hall–Kier alpha value is -0.420. The molecule has 5 N–H and O–H groups in total. The maximum Gasteiger partial charge on any atom is 0.177 e. The monoisotopic (exact) mass is 163 g/mol. The zero-order valence-corrected chi connectivity index (χ0v) is 6.77. The molecule has 0 saturated carbocycles. The fraction of sp³-hybridized carbons (Fsp3) is 0.800. The van der Waals surface area contributed by atoms with Crippen molar-refractivity contribution >= 4 is 16.9 Å². The van der Waals surface area contributed by atoms with E-state index in [-0.39, 0.29) is 6.10 Å². The fourth-order valence-electron chi connectivity index (χ4n) is 0.371. The molecule has 0 radical (unpaired) electrons. The van der Waals surface area contributed by atoms with Crippen molar-refractivity contribution in [1.82, 2.24) is 0 Å². The third kappa shape index (κ3) is 5.71. The van der Waals surface area contributed by atoms with Gasteiger partial charge in [0.05, 0.1) is 6.10 Å². The summed E-state index contributed by atoms with van der Waals surface area (Å²) in [5, 5.41) is 12.4. The van der Waals surface area contributed by atoms with Crippen LogP contribution in [0, 0.1) is 0 Å². The smallest absolute Gasteiger partial charge is 0.177 e. The molecule has 0 aliphatic heterocycles. The molecule has 0 rings (SSSR count). The maximum absolute atomic E-state index is 8.81. The van der Waals surface area contributed by atoms with Crippen LogP contribution in [0.25, 0.3) is 0 Å². The summed E-state index contributed by atoms with van der Waals surface area (Å²) in [7, 11) is 0. The summed E-state index contributed by atoms with van der Waals surface area (Å²) in [6, 6.07) is 0. The summed E-state index contributed by atoms with van der Waals surface area (Å²) in [6.07, 6.45) is 0.430. The molecule has 5 heteroatoms. The Morgan fingerprint density at radius 1 is 1.80 bits per heavy atom. The topological polar surface area (TPSA) is 84.6 Å². The van der Waals surface area contributed by atoms with Crippen molar-refractivity contribution in [2.75, 3.05) is 5.75 Å². The summed E-state index contributed by atoms with van der Waals surface area (Å²) >= 11 is 1.35. The second kappa shape index (κ2) is 5.37. The molecular weight excluding hydrogens is 150 g/mol. The first kappa shape index (κ1) is 9.58. The minimum absolute atomic E-state index is 0.280. The molecule has 0 amide bonds. The second-order valence-corrected chi connectivity index (χ2v) is 3.07. The van der Waals surface area contributed by atoms with Crippen molar-refractivity contribution < 1.29 is 5.11 Å². The highest BCUT2D eigenvalue weighted by Crippen LogP contribution is 2.03. The average molecular weight is 163 g/mol. The van der Waals surface area contributed by atoms with Crippen LogP contribution in [0.3, 0.4) is 0 Å². The van der Waals surface area contributed by atoms with Crippen molar-refractivity contribution in [2.24, 2.45) is 16.7 Å². The van der Waals surface area contributed by atoms with Gasteiger partial charge in [-0.3, -0.25) is 0 Å². The van der Waals surface area contributed by atoms with Crippen LogP contribution in [-0.2, 0) is 0 Å². The molecule has 1 atom stereocenters. The highest BCUT2D eigenvalue weighted by atomic mass is 32.2. The van der Waals surface area contributed by atoms with Crippen molar-refractivity contribution in [3.63, 3.8) is 0 Å². The Labute approximate surface area is 64.7 Å². The van der Waals surface area contributed by atoms with Crippen LogP contribution < -0.4 is 11.6 Å². The third-order valence-electron chi connectivity index (χ3n) is 0.913. The number of nitrogens with two attached hydrogens (primary N) is 2. The SMILES string of the molecule is CC(O)CCSC(N)=NN. The number of hydrogen-bond donors (Lipinski definition) is 3. The van der Waals surface area contributed by atoms with E-state index in [1.807, 2.05) is 0 Å². The van der Waals surface area contributed by atoms with E-state index in [4.69, 9.17) is 16.7 Å². The van der Waals surface area contributed by atoms with E-state index in [2.05, 4.69) is 5.10 Å². The van der Waals surface area contributed by atoms with Crippen LogP contribution in [-0.4, -0.2) is 22.1 Å². The Bertz CT molecular complexity index is 115. The van der Waals surface area contributed by atoms with Crippen LogP contribution in [0.4, 0.5) is 0 Å². The van der Waals surface area contributed by atoms with Gasteiger partial charge in [0, 0.05) is 5.75 Å². The predicted molar refractivity (Wildman–Crippen MR) is 44.6 cm³/mol. The Morgan fingerprint density at radius 3 is 2.80 bits per heavy atom. The summed E-state index contributed by atoms with van der Waals surface area (Å²) in [5.74, 6) is 5.62. The number of amidine groups is 1. The number of hydrazone groups is 1. The minimum Gasteiger partial charge on any atom is -0.393 e. The molecular formula is C5H13N3OS. The fourth-order valence-corrected chi connectivity index (χ4v) is 1.11. The highest BCUT2D eigenvalue weighted by molar-refractivity contribution is 8.13. The van der Waals surface area contributed by atoms with E-state index < -0.39 is 0 Å². The number of aliphatic hydroxyl groups is 1. The van der Waals surface area contributed by atoms with Gasteiger partial charge in [-0.05, 0) is 13.3 Å². The maximum atomic E-state index is 8.81. The van der Waals surface area contributed by atoms with Crippen LogP contribution in [0.1, 0.15) is 13.3 Å². The van der Waals surface area contributed by atoms with Crippen LogP contribution in [0.15, 0.2) is 5.10 Å². The van der Waals surface area contributed by atoms with Gasteiger partial charge >= 0.3 is 0 Å².